The van der Waals surface area contributed by atoms with Crippen molar-refractivity contribution in [3.05, 3.63) is 29.3 Å². The van der Waals surface area contributed by atoms with Crippen LogP contribution in [0.3, 0.4) is 0 Å². The number of hydrogen-bond donors (Lipinski definition) is 0. The summed E-state index contributed by atoms with van der Waals surface area (Å²) >= 11 is 0. The summed E-state index contributed by atoms with van der Waals surface area (Å²) in [6.45, 7) is 2.07. The molecule has 1 aliphatic heterocycles. The molecule has 4 nitrogen and oxygen atoms in total. The Bertz CT molecular complexity index is 671. The second-order valence-electron chi connectivity index (χ2n) is 5.80. The molecule has 0 amide bonds. The molecule has 0 bridgehead atoms. The molecule has 1 saturated carbocycles. The number of carbonyl (C=O) groups excluding carboxylic acids is 1. The van der Waals surface area contributed by atoms with Gasteiger partial charge < -0.3 is 9.47 Å². The molecule has 1 heterocycles. The van der Waals surface area contributed by atoms with E-state index in [2.05, 4.69) is 6.92 Å². The van der Waals surface area contributed by atoms with Crippen LogP contribution in [0.4, 0.5) is 0 Å². The first-order chi connectivity index (χ1) is 10.1. The smallest absolute Gasteiger partial charge is 0.166 e. The third kappa shape index (κ3) is 2.01. The zero-order valence-corrected chi connectivity index (χ0v) is 12.2. The van der Waals surface area contributed by atoms with Crippen LogP contribution in [0.2, 0.25) is 0 Å². The van der Waals surface area contributed by atoms with Gasteiger partial charge in [-0.1, -0.05) is 13.0 Å². The van der Waals surface area contributed by atoms with Gasteiger partial charge in [0.1, 0.15) is 11.9 Å². The minimum absolute atomic E-state index is 0.00395. The van der Waals surface area contributed by atoms with Crippen LogP contribution < -0.4 is 9.47 Å². The lowest BCUT2D eigenvalue weighted by molar-refractivity contribution is -0.123. The van der Waals surface area contributed by atoms with Crippen molar-refractivity contribution in [2.45, 2.75) is 37.7 Å². The van der Waals surface area contributed by atoms with Gasteiger partial charge in [-0.25, -0.2) is 0 Å². The maximum Gasteiger partial charge on any atom is 0.166 e. The van der Waals surface area contributed by atoms with E-state index in [9.17, 15) is 4.79 Å². The Morgan fingerprint density at radius 3 is 3.05 bits per heavy atom. The van der Waals surface area contributed by atoms with Crippen LogP contribution in [0.25, 0.3) is 6.08 Å². The molecule has 108 valence electrons. The van der Waals surface area contributed by atoms with Crippen molar-refractivity contribution in [2.75, 3.05) is 7.11 Å². The number of fused-ring (bicyclic) bond motifs is 3. The molecule has 1 fully saturated rings. The summed E-state index contributed by atoms with van der Waals surface area (Å²) in [6.07, 6.45) is 4.99. The van der Waals surface area contributed by atoms with E-state index >= 15 is 0 Å². The first kappa shape index (κ1) is 13.7. The SMILES string of the molecule is COc1ccc(/C=C/C#N)c2c1O[C@H]1CCC(=O)C[C@@]21C. The standard InChI is InChI=1S/C17H17NO3/c1-17-10-12(19)6-8-14(17)21-16-13(20-2)7-5-11(15(16)17)4-3-9-18/h3-5,7,14H,6,8,10H2,1-2H3/b4-3+/t14-,17+/m0/s1. The molecule has 0 unspecified atom stereocenters. The zero-order chi connectivity index (χ0) is 15.0. The Morgan fingerprint density at radius 1 is 1.52 bits per heavy atom. The summed E-state index contributed by atoms with van der Waals surface area (Å²) in [4.78, 5) is 11.9. The molecule has 4 heteroatoms. The summed E-state index contributed by atoms with van der Waals surface area (Å²) < 4.78 is 11.5. The molecular weight excluding hydrogens is 266 g/mol. The number of allylic oxidation sites excluding steroid dienone is 1. The van der Waals surface area contributed by atoms with Crippen molar-refractivity contribution in [1.29, 1.82) is 5.26 Å². The fourth-order valence-electron chi connectivity index (χ4n) is 3.51. The van der Waals surface area contributed by atoms with Crippen LogP contribution in [-0.2, 0) is 10.2 Å². The van der Waals surface area contributed by atoms with Crippen molar-refractivity contribution in [1.82, 2.24) is 0 Å². The Hall–Kier alpha value is -2.28. The molecule has 0 aromatic heterocycles. The lowest BCUT2D eigenvalue weighted by atomic mass is 9.68. The Kier molecular flexibility index (Phi) is 3.21. The maximum atomic E-state index is 11.9. The summed E-state index contributed by atoms with van der Waals surface area (Å²) in [5, 5.41) is 8.77. The maximum absolute atomic E-state index is 11.9. The third-order valence-electron chi connectivity index (χ3n) is 4.50. The molecule has 1 aromatic carbocycles. The predicted molar refractivity (Wildman–Crippen MR) is 78.3 cm³/mol. The van der Waals surface area contributed by atoms with Crippen LogP contribution in [0.15, 0.2) is 18.2 Å². The van der Waals surface area contributed by atoms with Crippen molar-refractivity contribution in [3.8, 4) is 17.6 Å². The highest BCUT2D eigenvalue weighted by Gasteiger charge is 2.51. The number of carbonyl (C=O) groups is 1. The number of benzene rings is 1. The molecule has 2 aliphatic rings. The van der Waals surface area contributed by atoms with Crippen molar-refractivity contribution in [3.63, 3.8) is 0 Å². The zero-order valence-electron chi connectivity index (χ0n) is 12.2. The van der Waals surface area contributed by atoms with Gasteiger partial charge in [0.25, 0.3) is 0 Å². The van der Waals surface area contributed by atoms with Gasteiger partial charge in [0.05, 0.1) is 13.2 Å². The van der Waals surface area contributed by atoms with Crippen molar-refractivity contribution < 1.29 is 14.3 Å². The topological polar surface area (TPSA) is 59.3 Å². The van der Waals surface area contributed by atoms with E-state index in [0.29, 0.717) is 18.6 Å². The van der Waals surface area contributed by atoms with E-state index in [1.165, 1.54) is 6.08 Å². The third-order valence-corrected chi connectivity index (χ3v) is 4.50. The van der Waals surface area contributed by atoms with Gasteiger partial charge in [-0.3, -0.25) is 4.79 Å². The van der Waals surface area contributed by atoms with Gasteiger partial charge in [-0.05, 0) is 24.1 Å². The van der Waals surface area contributed by atoms with Gasteiger partial charge in [0, 0.05) is 29.9 Å². The highest BCUT2D eigenvalue weighted by atomic mass is 16.5. The van der Waals surface area contributed by atoms with Gasteiger partial charge in [-0.2, -0.15) is 5.26 Å². The minimum Gasteiger partial charge on any atom is -0.493 e. The lowest BCUT2D eigenvalue weighted by Gasteiger charge is -2.34. The monoisotopic (exact) mass is 283 g/mol. The number of nitriles is 1. The van der Waals surface area contributed by atoms with Crippen LogP contribution in [-0.4, -0.2) is 19.0 Å². The van der Waals surface area contributed by atoms with E-state index in [-0.39, 0.29) is 17.3 Å². The van der Waals surface area contributed by atoms with E-state index in [4.69, 9.17) is 14.7 Å². The van der Waals surface area contributed by atoms with Gasteiger partial charge >= 0.3 is 0 Å². The summed E-state index contributed by atoms with van der Waals surface area (Å²) in [5.74, 6) is 1.67. The molecule has 1 aliphatic carbocycles. The average molecular weight is 283 g/mol. The summed E-state index contributed by atoms with van der Waals surface area (Å²) in [7, 11) is 1.61. The average Bonchev–Trinajstić information content (AvgIpc) is 2.77. The Labute approximate surface area is 124 Å². The van der Waals surface area contributed by atoms with E-state index in [1.54, 1.807) is 13.2 Å². The molecule has 0 radical (unpaired) electrons. The number of hydrogen-bond acceptors (Lipinski definition) is 4. The fourth-order valence-corrected chi connectivity index (χ4v) is 3.51. The quantitative estimate of drug-likeness (QED) is 0.783. The van der Waals surface area contributed by atoms with Crippen LogP contribution in [0.5, 0.6) is 11.5 Å². The normalized spacial score (nSPS) is 26.9. The second kappa shape index (κ2) is 4.92. The minimum atomic E-state index is -0.339. The van der Waals surface area contributed by atoms with Gasteiger partial charge in [-0.15, -0.1) is 0 Å². The van der Waals surface area contributed by atoms with Crippen LogP contribution in [0, 0.1) is 11.3 Å². The van der Waals surface area contributed by atoms with Gasteiger partial charge in [0.15, 0.2) is 11.5 Å². The van der Waals surface area contributed by atoms with E-state index < -0.39 is 0 Å². The largest absolute Gasteiger partial charge is 0.493 e. The second-order valence-corrected chi connectivity index (χ2v) is 5.80. The number of ether oxygens (including phenoxy) is 2. The molecule has 0 N–H and O–H groups in total. The number of ketones is 1. The molecule has 2 atom stereocenters. The molecule has 3 rings (SSSR count). The highest BCUT2D eigenvalue weighted by molar-refractivity contribution is 5.83. The molecule has 0 saturated heterocycles. The molecule has 0 spiro atoms. The predicted octanol–water partition coefficient (Wildman–Crippen LogP) is 3.00. The van der Waals surface area contributed by atoms with Crippen molar-refractivity contribution >= 4 is 11.9 Å². The van der Waals surface area contributed by atoms with Crippen LogP contribution >= 0.6 is 0 Å². The Balaban J connectivity index is 2.19. The molecule has 1 aromatic rings. The van der Waals surface area contributed by atoms with Gasteiger partial charge in [0.2, 0.25) is 0 Å². The molecular formula is C17H17NO3. The first-order valence-corrected chi connectivity index (χ1v) is 7.06. The highest BCUT2D eigenvalue weighted by Crippen LogP contribution is 2.54. The summed E-state index contributed by atoms with van der Waals surface area (Å²) in [5.41, 5.74) is 1.58. The summed E-state index contributed by atoms with van der Waals surface area (Å²) in [6, 6.07) is 5.77. The van der Waals surface area contributed by atoms with Crippen LogP contribution in [0.1, 0.15) is 37.3 Å². The fraction of sp³-hybridized carbons (Fsp3) is 0.412. The van der Waals surface area contributed by atoms with E-state index in [0.717, 1.165) is 23.3 Å². The van der Waals surface area contributed by atoms with E-state index in [1.807, 2.05) is 18.2 Å². The number of rotatable bonds is 2. The molecule has 21 heavy (non-hydrogen) atoms. The first-order valence-electron chi connectivity index (χ1n) is 7.06. The Morgan fingerprint density at radius 2 is 2.33 bits per heavy atom. The number of Topliss-reactive ketones (excluding diaryl/α,β-unsaturated/α-hetero) is 1. The lowest BCUT2D eigenvalue weighted by Crippen LogP contribution is -2.41. The van der Waals surface area contributed by atoms with Crippen molar-refractivity contribution in [2.24, 2.45) is 0 Å². The number of methoxy groups -OCH3 is 1. The number of nitrogens with zero attached hydrogens (tertiary/aromatic N) is 1.